The smallest absolute Gasteiger partial charge is 0.263 e. The van der Waals surface area contributed by atoms with E-state index in [1.807, 2.05) is 82.6 Å². The van der Waals surface area contributed by atoms with E-state index in [0.717, 1.165) is 38.0 Å². The lowest BCUT2D eigenvalue weighted by atomic mass is 9.98. The first-order valence-corrected chi connectivity index (χ1v) is 14.0. The summed E-state index contributed by atoms with van der Waals surface area (Å²) in [7, 11) is 1.96. The fraction of sp³-hybridized carbons (Fsp3) is 0.300. The van der Waals surface area contributed by atoms with Gasteiger partial charge >= 0.3 is 0 Å². The summed E-state index contributed by atoms with van der Waals surface area (Å²) in [5.74, 6) is 0.314. The number of benzene rings is 2. The minimum absolute atomic E-state index is 0.0800. The Kier molecular flexibility index (Phi) is 6.25. The van der Waals surface area contributed by atoms with Crippen LogP contribution in [0, 0.1) is 27.7 Å². The van der Waals surface area contributed by atoms with Crippen molar-refractivity contribution in [2.45, 2.75) is 53.6 Å². The molecule has 2 aromatic carbocycles. The highest BCUT2D eigenvalue weighted by atomic mass is 79.9. The molecule has 0 N–H and O–H groups in total. The Morgan fingerprint density at radius 2 is 1.82 bits per heavy atom. The second kappa shape index (κ2) is 9.55. The van der Waals surface area contributed by atoms with Crippen molar-refractivity contribution in [2.24, 2.45) is 7.05 Å². The summed E-state index contributed by atoms with van der Waals surface area (Å²) in [5, 5.41) is 4.67. The molecule has 9 nitrogen and oxygen atoms in total. The highest BCUT2D eigenvalue weighted by Crippen LogP contribution is 2.27. The quantitative estimate of drug-likeness (QED) is 0.294. The summed E-state index contributed by atoms with van der Waals surface area (Å²) in [6, 6.07) is 11.3. The third-order valence-electron chi connectivity index (χ3n) is 7.71. The van der Waals surface area contributed by atoms with Gasteiger partial charge in [0.05, 0.1) is 41.0 Å². The summed E-state index contributed by atoms with van der Waals surface area (Å²) >= 11 is 3.51. The molecular formula is C30H30BrN7O2. The molecule has 0 saturated carbocycles. The number of aryl methyl sites for hydroxylation is 5. The topological polar surface area (TPSA) is 90.8 Å². The molecule has 0 spiro atoms. The highest BCUT2D eigenvalue weighted by Gasteiger charge is 2.32. The molecule has 10 heteroatoms. The number of carbonyl (C=O) groups excluding carboxylic acids is 1. The fourth-order valence-corrected chi connectivity index (χ4v) is 5.95. The van der Waals surface area contributed by atoms with E-state index < -0.39 is 0 Å². The lowest BCUT2D eigenvalue weighted by Crippen LogP contribution is -2.46. The van der Waals surface area contributed by atoms with Gasteiger partial charge in [0.15, 0.2) is 0 Å². The Balaban J connectivity index is 1.53. The molecule has 5 aromatic rings. The second-order valence-corrected chi connectivity index (χ2v) is 11.6. The zero-order valence-electron chi connectivity index (χ0n) is 23.4. The first-order valence-electron chi connectivity index (χ1n) is 13.2. The molecule has 6 rings (SSSR count). The van der Waals surface area contributed by atoms with Gasteiger partial charge in [-0.05, 0) is 88.6 Å². The number of fused-ring (bicyclic) bond motifs is 2. The van der Waals surface area contributed by atoms with Crippen LogP contribution in [0.25, 0.3) is 22.7 Å². The molecule has 4 heterocycles. The molecule has 204 valence electrons. The van der Waals surface area contributed by atoms with E-state index in [1.165, 1.54) is 0 Å². The SMILES string of the molecule is Cc1cc(C)n(-c2nc3c(c(=O)n2-c2cc(C)c4c(c2)ncn4C)C[C@@H](C)N(C(=O)c2ccc(Br)c(C)c2)C3)n1. The van der Waals surface area contributed by atoms with Crippen LogP contribution in [-0.4, -0.2) is 45.7 Å². The fourth-order valence-electron chi connectivity index (χ4n) is 5.70. The lowest BCUT2D eigenvalue weighted by Gasteiger charge is -2.34. The molecule has 0 unspecified atom stereocenters. The lowest BCUT2D eigenvalue weighted by molar-refractivity contribution is 0.0652. The molecule has 0 fully saturated rings. The normalized spacial score (nSPS) is 15.1. The van der Waals surface area contributed by atoms with Crippen LogP contribution in [0.3, 0.4) is 0 Å². The maximum absolute atomic E-state index is 14.3. The standard InChI is InChI=1S/C30H30BrN7O2/c1-16-9-21(7-8-24(16)31)28(39)36-14-26-23(12-19(36)4)29(40)37(30(33-26)38-20(5)11-18(3)34-38)22-10-17(2)27-25(13-22)32-15-35(27)6/h7-11,13,15,19H,12,14H2,1-6H3/t19-/m1/s1. The first-order chi connectivity index (χ1) is 19.0. The van der Waals surface area contributed by atoms with Crippen LogP contribution < -0.4 is 5.56 Å². The molecule has 40 heavy (non-hydrogen) atoms. The monoisotopic (exact) mass is 599 g/mol. The number of rotatable bonds is 3. The van der Waals surface area contributed by atoms with Crippen LogP contribution in [-0.2, 0) is 20.0 Å². The highest BCUT2D eigenvalue weighted by molar-refractivity contribution is 9.10. The average Bonchev–Trinajstić information content (AvgIpc) is 3.45. The van der Waals surface area contributed by atoms with Crippen molar-refractivity contribution in [3.8, 4) is 11.6 Å². The van der Waals surface area contributed by atoms with Gasteiger partial charge in [-0.25, -0.2) is 19.2 Å². The number of amides is 1. The van der Waals surface area contributed by atoms with E-state index in [9.17, 15) is 9.59 Å². The van der Waals surface area contributed by atoms with Crippen molar-refractivity contribution in [3.05, 3.63) is 96.9 Å². The molecule has 0 saturated heterocycles. The maximum Gasteiger partial charge on any atom is 0.263 e. The van der Waals surface area contributed by atoms with Gasteiger partial charge in [0, 0.05) is 34.4 Å². The number of hydrogen-bond acceptors (Lipinski definition) is 5. The molecule has 1 atom stereocenters. The van der Waals surface area contributed by atoms with E-state index in [2.05, 4.69) is 26.0 Å². The van der Waals surface area contributed by atoms with Crippen molar-refractivity contribution in [1.82, 2.24) is 33.8 Å². The molecule has 1 aliphatic heterocycles. The number of imidazole rings is 1. The van der Waals surface area contributed by atoms with Crippen LogP contribution in [0.15, 0.2) is 52.0 Å². The van der Waals surface area contributed by atoms with E-state index in [1.54, 1.807) is 20.5 Å². The van der Waals surface area contributed by atoms with E-state index in [-0.39, 0.29) is 24.1 Å². The maximum atomic E-state index is 14.3. The van der Waals surface area contributed by atoms with Crippen molar-refractivity contribution in [1.29, 1.82) is 0 Å². The van der Waals surface area contributed by atoms with E-state index in [4.69, 9.17) is 4.98 Å². The molecule has 1 amide bonds. The predicted molar refractivity (Wildman–Crippen MR) is 157 cm³/mol. The molecule has 0 aliphatic carbocycles. The minimum atomic E-state index is -0.175. The van der Waals surface area contributed by atoms with Crippen LogP contribution in [0.5, 0.6) is 0 Å². The van der Waals surface area contributed by atoms with Crippen molar-refractivity contribution >= 4 is 32.9 Å². The number of carbonyl (C=O) groups is 1. The molecular weight excluding hydrogens is 570 g/mol. The molecule has 0 radical (unpaired) electrons. The summed E-state index contributed by atoms with van der Waals surface area (Å²) in [5.41, 5.74) is 7.85. The van der Waals surface area contributed by atoms with Gasteiger partial charge in [-0.3, -0.25) is 9.59 Å². The van der Waals surface area contributed by atoms with Gasteiger partial charge < -0.3 is 9.47 Å². The van der Waals surface area contributed by atoms with Gasteiger partial charge in [-0.2, -0.15) is 5.10 Å². The number of aromatic nitrogens is 6. The van der Waals surface area contributed by atoms with Gasteiger partial charge in [0.25, 0.3) is 11.5 Å². The zero-order valence-corrected chi connectivity index (χ0v) is 24.9. The van der Waals surface area contributed by atoms with E-state index >= 15 is 0 Å². The Bertz CT molecular complexity index is 1900. The third kappa shape index (κ3) is 4.18. The summed E-state index contributed by atoms with van der Waals surface area (Å²) in [6.45, 7) is 10.1. The number of nitrogens with zero attached hydrogens (tertiary/aromatic N) is 7. The van der Waals surface area contributed by atoms with Crippen LogP contribution in [0.1, 0.15) is 51.1 Å². The average molecular weight is 601 g/mol. The molecule has 0 bridgehead atoms. The van der Waals surface area contributed by atoms with Crippen LogP contribution in [0.2, 0.25) is 0 Å². The zero-order chi connectivity index (χ0) is 28.5. The summed E-state index contributed by atoms with van der Waals surface area (Å²) in [4.78, 5) is 39.3. The van der Waals surface area contributed by atoms with Crippen LogP contribution in [0.4, 0.5) is 0 Å². The Hall–Kier alpha value is -4.05. The van der Waals surface area contributed by atoms with E-state index in [0.29, 0.717) is 34.9 Å². The molecule has 1 aliphatic rings. The van der Waals surface area contributed by atoms with Gasteiger partial charge in [0.2, 0.25) is 5.95 Å². The largest absolute Gasteiger partial charge is 0.334 e. The van der Waals surface area contributed by atoms with Crippen molar-refractivity contribution < 1.29 is 4.79 Å². The van der Waals surface area contributed by atoms with Crippen LogP contribution >= 0.6 is 15.9 Å². The Labute approximate surface area is 240 Å². The number of halogens is 1. The minimum Gasteiger partial charge on any atom is -0.334 e. The Morgan fingerprint density at radius 3 is 2.52 bits per heavy atom. The van der Waals surface area contributed by atoms with Crippen molar-refractivity contribution in [2.75, 3.05) is 0 Å². The third-order valence-corrected chi connectivity index (χ3v) is 8.60. The van der Waals surface area contributed by atoms with Gasteiger partial charge in [0.1, 0.15) is 0 Å². The first kappa shape index (κ1) is 26.2. The predicted octanol–water partition coefficient (Wildman–Crippen LogP) is 4.89. The second-order valence-electron chi connectivity index (χ2n) is 10.8. The van der Waals surface area contributed by atoms with Gasteiger partial charge in [-0.15, -0.1) is 0 Å². The number of hydrogen-bond donors (Lipinski definition) is 0. The molecule has 3 aromatic heterocycles. The van der Waals surface area contributed by atoms with Crippen molar-refractivity contribution in [3.63, 3.8) is 0 Å². The Morgan fingerprint density at radius 1 is 1.05 bits per heavy atom. The van der Waals surface area contributed by atoms with Gasteiger partial charge in [-0.1, -0.05) is 15.9 Å². The summed E-state index contributed by atoms with van der Waals surface area (Å²) in [6.07, 6.45) is 2.18. The summed E-state index contributed by atoms with van der Waals surface area (Å²) < 4.78 is 6.28.